The number of hydrogen-bond acceptors (Lipinski definition) is 2. The van der Waals surface area contributed by atoms with Gasteiger partial charge in [-0.05, 0) is 50.7 Å². The number of rotatable bonds is 3. The number of nitrogens with zero attached hydrogens (tertiary/aromatic N) is 1. The monoisotopic (exact) mass is 261 g/mol. The van der Waals surface area contributed by atoms with E-state index in [0.29, 0.717) is 12.0 Å². The van der Waals surface area contributed by atoms with Crippen LogP contribution in [-0.4, -0.2) is 35.6 Å². The summed E-state index contributed by atoms with van der Waals surface area (Å²) in [5, 5.41) is 9.15. The van der Waals surface area contributed by atoms with Gasteiger partial charge in [-0.3, -0.25) is 4.79 Å². The molecule has 0 unspecified atom stereocenters. The van der Waals surface area contributed by atoms with Crippen molar-refractivity contribution in [3.8, 4) is 0 Å². The van der Waals surface area contributed by atoms with Crippen LogP contribution in [0, 0.1) is 12.8 Å². The van der Waals surface area contributed by atoms with Crippen LogP contribution in [0.25, 0.3) is 0 Å². The van der Waals surface area contributed by atoms with Crippen LogP contribution in [0.1, 0.15) is 41.6 Å². The van der Waals surface area contributed by atoms with Crippen molar-refractivity contribution in [2.45, 2.75) is 38.6 Å². The molecule has 1 fully saturated rings. The molecule has 104 valence electrons. The van der Waals surface area contributed by atoms with E-state index in [1.54, 1.807) is 0 Å². The first kappa shape index (κ1) is 14.1. The third-order valence-corrected chi connectivity index (χ3v) is 4.21. The van der Waals surface area contributed by atoms with Gasteiger partial charge in [-0.2, -0.15) is 0 Å². The van der Waals surface area contributed by atoms with E-state index >= 15 is 0 Å². The Morgan fingerprint density at radius 2 is 2.00 bits per heavy atom. The van der Waals surface area contributed by atoms with E-state index in [9.17, 15) is 4.79 Å². The van der Waals surface area contributed by atoms with Crippen LogP contribution in [0.4, 0.5) is 0 Å². The van der Waals surface area contributed by atoms with E-state index in [0.717, 1.165) is 36.8 Å². The molecule has 2 rings (SSSR count). The third kappa shape index (κ3) is 3.35. The molecular weight excluding hydrogens is 238 g/mol. The molecule has 0 saturated heterocycles. The number of aliphatic hydroxyl groups excluding tert-OH is 1. The lowest BCUT2D eigenvalue weighted by molar-refractivity contribution is 0.0653. The van der Waals surface area contributed by atoms with Gasteiger partial charge < -0.3 is 10.0 Å². The Morgan fingerprint density at radius 3 is 2.58 bits per heavy atom. The molecule has 0 heterocycles. The predicted octanol–water partition coefficient (Wildman–Crippen LogP) is 2.62. The number of aliphatic hydroxyl groups is 1. The van der Waals surface area contributed by atoms with Gasteiger partial charge >= 0.3 is 0 Å². The van der Waals surface area contributed by atoms with Crippen LogP contribution in [0.2, 0.25) is 0 Å². The minimum absolute atomic E-state index is 0.108. The van der Waals surface area contributed by atoms with Crippen molar-refractivity contribution in [1.29, 1.82) is 0 Å². The zero-order valence-electron chi connectivity index (χ0n) is 11.8. The summed E-state index contributed by atoms with van der Waals surface area (Å²) in [7, 11) is 1.90. The van der Waals surface area contributed by atoms with E-state index in [4.69, 9.17) is 5.11 Å². The van der Waals surface area contributed by atoms with Gasteiger partial charge in [-0.25, -0.2) is 0 Å². The van der Waals surface area contributed by atoms with Gasteiger partial charge in [0.2, 0.25) is 0 Å². The third-order valence-electron chi connectivity index (χ3n) is 4.21. The van der Waals surface area contributed by atoms with Crippen molar-refractivity contribution in [3.05, 3.63) is 35.4 Å². The molecule has 1 amide bonds. The van der Waals surface area contributed by atoms with Crippen LogP contribution in [0.3, 0.4) is 0 Å². The number of carbonyl (C=O) groups is 1. The number of amides is 1. The number of carbonyl (C=O) groups excluding carboxylic acids is 1. The lowest BCUT2D eigenvalue weighted by Crippen LogP contribution is -2.39. The summed E-state index contributed by atoms with van der Waals surface area (Å²) in [5.41, 5.74) is 1.88. The van der Waals surface area contributed by atoms with Crippen molar-refractivity contribution < 1.29 is 9.90 Å². The summed E-state index contributed by atoms with van der Waals surface area (Å²) in [6, 6.07) is 8.07. The van der Waals surface area contributed by atoms with E-state index in [1.807, 2.05) is 43.1 Å². The number of hydrogen-bond donors (Lipinski definition) is 1. The molecule has 3 heteroatoms. The standard InChI is InChI=1S/C16H23NO2/c1-12-4-3-5-14(10-12)16(19)17(2)15-8-6-13(11-18)7-9-15/h3-5,10,13,15,18H,6-9,11H2,1-2H3. The molecule has 0 radical (unpaired) electrons. The summed E-state index contributed by atoms with van der Waals surface area (Å²) < 4.78 is 0. The van der Waals surface area contributed by atoms with Gasteiger partial charge in [-0.15, -0.1) is 0 Å². The van der Waals surface area contributed by atoms with Gasteiger partial charge in [-0.1, -0.05) is 17.7 Å². The normalized spacial score (nSPS) is 23.1. The Bertz CT molecular complexity index is 436. The maximum atomic E-state index is 12.4. The van der Waals surface area contributed by atoms with Crippen LogP contribution in [0.15, 0.2) is 24.3 Å². The summed E-state index contributed by atoms with van der Waals surface area (Å²) in [6.07, 6.45) is 4.04. The molecule has 0 bridgehead atoms. The van der Waals surface area contributed by atoms with Crippen LogP contribution < -0.4 is 0 Å². The fraction of sp³-hybridized carbons (Fsp3) is 0.562. The lowest BCUT2D eigenvalue weighted by Gasteiger charge is -2.34. The van der Waals surface area contributed by atoms with Crippen molar-refractivity contribution in [2.24, 2.45) is 5.92 Å². The molecule has 0 aromatic heterocycles. The van der Waals surface area contributed by atoms with Gasteiger partial charge in [0, 0.05) is 25.3 Å². The smallest absolute Gasteiger partial charge is 0.253 e. The Balaban J connectivity index is 2.00. The van der Waals surface area contributed by atoms with Gasteiger partial charge in [0.05, 0.1) is 0 Å². The summed E-state index contributed by atoms with van der Waals surface area (Å²) in [5.74, 6) is 0.537. The minimum Gasteiger partial charge on any atom is -0.396 e. The van der Waals surface area contributed by atoms with E-state index in [1.165, 1.54) is 0 Å². The molecule has 1 aromatic carbocycles. The highest BCUT2D eigenvalue weighted by atomic mass is 16.3. The fourth-order valence-electron chi connectivity index (χ4n) is 2.86. The van der Waals surface area contributed by atoms with Crippen LogP contribution >= 0.6 is 0 Å². The zero-order valence-corrected chi connectivity index (χ0v) is 11.8. The molecule has 1 aliphatic carbocycles. The molecular formula is C16H23NO2. The van der Waals surface area contributed by atoms with E-state index < -0.39 is 0 Å². The summed E-state index contributed by atoms with van der Waals surface area (Å²) >= 11 is 0. The van der Waals surface area contributed by atoms with E-state index in [-0.39, 0.29) is 12.5 Å². The topological polar surface area (TPSA) is 40.5 Å². The van der Waals surface area contributed by atoms with Crippen molar-refractivity contribution in [2.75, 3.05) is 13.7 Å². The van der Waals surface area contributed by atoms with Gasteiger partial charge in [0.15, 0.2) is 0 Å². The average molecular weight is 261 g/mol. The van der Waals surface area contributed by atoms with Crippen molar-refractivity contribution >= 4 is 5.91 Å². The molecule has 3 nitrogen and oxygen atoms in total. The minimum atomic E-state index is 0.108. The molecule has 0 atom stereocenters. The fourth-order valence-corrected chi connectivity index (χ4v) is 2.86. The molecule has 19 heavy (non-hydrogen) atoms. The van der Waals surface area contributed by atoms with Crippen molar-refractivity contribution in [1.82, 2.24) is 4.90 Å². The molecule has 0 spiro atoms. The highest BCUT2D eigenvalue weighted by Gasteiger charge is 2.26. The molecule has 0 aliphatic heterocycles. The van der Waals surface area contributed by atoms with Crippen molar-refractivity contribution in [3.63, 3.8) is 0 Å². The number of aryl methyl sites for hydroxylation is 1. The SMILES string of the molecule is Cc1cccc(C(=O)N(C)C2CCC(CO)CC2)c1. The lowest BCUT2D eigenvalue weighted by atomic mass is 9.86. The first-order valence-electron chi connectivity index (χ1n) is 7.06. The molecule has 1 N–H and O–H groups in total. The first-order valence-corrected chi connectivity index (χ1v) is 7.06. The zero-order chi connectivity index (χ0) is 13.8. The molecule has 1 aromatic rings. The second kappa shape index (κ2) is 6.20. The van der Waals surface area contributed by atoms with Gasteiger partial charge in [0.1, 0.15) is 0 Å². The highest BCUT2D eigenvalue weighted by Crippen LogP contribution is 2.27. The first-order chi connectivity index (χ1) is 9.11. The maximum absolute atomic E-state index is 12.4. The quantitative estimate of drug-likeness (QED) is 0.908. The van der Waals surface area contributed by atoms with Crippen LogP contribution in [0.5, 0.6) is 0 Å². The number of benzene rings is 1. The predicted molar refractivity (Wildman–Crippen MR) is 76.1 cm³/mol. The second-order valence-electron chi connectivity index (χ2n) is 5.64. The Morgan fingerprint density at radius 1 is 1.32 bits per heavy atom. The Hall–Kier alpha value is -1.35. The average Bonchev–Trinajstić information content (AvgIpc) is 2.46. The molecule has 1 aliphatic rings. The van der Waals surface area contributed by atoms with Gasteiger partial charge in [0.25, 0.3) is 5.91 Å². The maximum Gasteiger partial charge on any atom is 0.253 e. The van der Waals surface area contributed by atoms with E-state index in [2.05, 4.69) is 0 Å². The highest BCUT2D eigenvalue weighted by molar-refractivity contribution is 5.94. The molecule has 1 saturated carbocycles. The Labute approximate surface area is 115 Å². The van der Waals surface area contributed by atoms with Crippen LogP contribution in [-0.2, 0) is 0 Å². The summed E-state index contributed by atoms with van der Waals surface area (Å²) in [6.45, 7) is 2.28. The summed E-state index contributed by atoms with van der Waals surface area (Å²) in [4.78, 5) is 14.3. The second-order valence-corrected chi connectivity index (χ2v) is 5.64. The Kier molecular flexibility index (Phi) is 4.59. The largest absolute Gasteiger partial charge is 0.396 e.